The highest BCUT2D eigenvalue weighted by Gasteiger charge is 2.09. The van der Waals surface area contributed by atoms with Crippen molar-refractivity contribution in [3.05, 3.63) is 47.5 Å². The topological polar surface area (TPSA) is 55.1 Å². The first-order valence-electron chi connectivity index (χ1n) is 4.62. The summed E-state index contributed by atoms with van der Waals surface area (Å²) in [5, 5.41) is 12.6. The van der Waals surface area contributed by atoms with Crippen LogP contribution in [-0.2, 0) is 0 Å². The second kappa shape index (κ2) is 3.77. The van der Waals surface area contributed by atoms with E-state index in [1.54, 1.807) is 13.0 Å². The maximum Gasteiger partial charge on any atom is 0.338 e. The first kappa shape index (κ1) is 10.4. The second-order valence-corrected chi connectivity index (χ2v) is 3.41. The van der Waals surface area contributed by atoms with Crippen LogP contribution in [0.15, 0.2) is 30.6 Å². The van der Waals surface area contributed by atoms with Crippen LogP contribution in [0.3, 0.4) is 0 Å². The Balaban J connectivity index is 2.50. The molecule has 0 aliphatic heterocycles. The van der Waals surface area contributed by atoms with Crippen LogP contribution in [0.2, 0.25) is 0 Å². The molecule has 0 aliphatic rings. The molecule has 2 aromatic rings. The maximum atomic E-state index is 13.0. The highest BCUT2D eigenvalue weighted by atomic mass is 19.1. The molecule has 2 rings (SSSR count). The molecule has 0 atom stereocenters. The summed E-state index contributed by atoms with van der Waals surface area (Å²) >= 11 is 0. The Hall–Kier alpha value is -2.17. The van der Waals surface area contributed by atoms with E-state index < -0.39 is 5.97 Å². The maximum absolute atomic E-state index is 13.0. The molecule has 0 unspecified atom stereocenters. The largest absolute Gasteiger partial charge is 0.478 e. The van der Waals surface area contributed by atoms with E-state index in [-0.39, 0.29) is 11.4 Å². The van der Waals surface area contributed by atoms with E-state index in [0.717, 1.165) is 5.56 Å². The number of aromatic nitrogens is 2. The lowest BCUT2D eigenvalue weighted by atomic mass is 10.2. The number of nitrogens with zero attached hydrogens (tertiary/aromatic N) is 2. The molecule has 0 saturated heterocycles. The van der Waals surface area contributed by atoms with Crippen molar-refractivity contribution in [1.29, 1.82) is 0 Å². The minimum Gasteiger partial charge on any atom is -0.478 e. The average Bonchev–Trinajstić information content (AvgIpc) is 2.70. The van der Waals surface area contributed by atoms with Crippen LogP contribution in [0, 0.1) is 12.7 Å². The lowest BCUT2D eigenvalue weighted by Gasteiger charge is -2.04. The van der Waals surface area contributed by atoms with Crippen molar-refractivity contribution in [2.24, 2.45) is 0 Å². The molecule has 1 aromatic carbocycles. The third-order valence-corrected chi connectivity index (χ3v) is 2.25. The monoisotopic (exact) mass is 220 g/mol. The van der Waals surface area contributed by atoms with E-state index in [0.29, 0.717) is 5.69 Å². The number of carbonyl (C=O) groups is 1. The number of hydrogen-bond acceptors (Lipinski definition) is 2. The number of aryl methyl sites for hydroxylation is 1. The number of halogens is 1. The van der Waals surface area contributed by atoms with Gasteiger partial charge >= 0.3 is 5.97 Å². The lowest BCUT2D eigenvalue weighted by molar-refractivity contribution is 0.0697. The highest BCUT2D eigenvalue weighted by Crippen LogP contribution is 2.15. The molecular weight excluding hydrogens is 211 g/mol. The van der Waals surface area contributed by atoms with Crippen molar-refractivity contribution >= 4 is 5.97 Å². The van der Waals surface area contributed by atoms with Gasteiger partial charge < -0.3 is 5.11 Å². The van der Waals surface area contributed by atoms with E-state index in [2.05, 4.69) is 5.10 Å². The van der Waals surface area contributed by atoms with Gasteiger partial charge in [-0.25, -0.2) is 13.9 Å². The van der Waals surface area contributed by atoms with Gasteiger partial charge in [-0.2, -0.15) is 5.10 Å². The van der Waals surface area contributed by atoms with Gasteiger partial charge in [-0.1, -0.05) is 6.07 Å². The fourth-order valence-electron chi connectivity index (χ4n) is 1.39. The number of hydrogen-bond donors (Lipinski definition) is 1. The smallest absolute Gasteiger partial charge is 0.338 e. The lowest BCUT2D eigenvalue weighted by Crippen LogP contribution is -1.98. The van der Waals surface area contributed by atoms with Gasteiger partial charge in [0, 0.05) is 6.20 Å². The van der Waals surface area contributed by atoms with Crippen LogP contribution in [0.1, 0.15) is 15.9 Å². The zero-order chi connectivity index (χ0) is 11.7. The standard InChI is InChI=1S/C11H9FN2O2/c1-7-2-3-9(12)4-10(7)14-6-8(5-13-14)11(15)16/h2-6H,1H3,(H,15,16). The Bertz CT molecular complexity index is 549. The molecule has 0 aliphatic carbocycles. The molecule has 0 spiro atoms. The Morgan fingerprint density at radius 3 is 2.88 bits per heavy atom. The summed E-state index contributed by atoms with van der Waals surface area (Å²) in [7, 11) is 0. The first-order chi connectivity index (χ1) is 7.58. The van der Waals surface area contributed by atoms with Crippen molar-refractivity contribution in [2.75, 3.05) is 0 Å². The summed E-state index contributed by atoms with van der Waals surface area (Å²) in [5.74, 6) is -1.44. The molecule has 0 saturated carbocycles. The van der Waals surface area contributed by atoms with Crippen LogP contribution in [0.4, 0.5) is 4.39 Å². The van der Waals surface area contributed by atoms with E-state index >= 15 is 0 Å². The summed E-state index contributed by atoms with van der Waals surface area (Å²) < 4.78 is 14.4. The predicted octanol–water partition coefficient (Wildman–Crippen LogP) is 2.02. The van der Waals surface area contributed by atoms with Crippen LogP contribution in [0.5, 0.6) is 0 Å². The molecule has 4 nitrogen and oxygen atoms in total. The summed E-state index contributed by atoms with van der Waals surface area (Å²) in [6, 6.07) is 4.28. The number of benzene rings is 1. The number of carboxylic acid groups (broad SMARTS) is 1. The van der Waals surface area contributed by atoms with Crippen molar-refractivity contribution < 1.29 is 14.3 Å². The number of carboxylic acids is 1. The highest BCUT2D eigenvalue weighted by molar-refractivity contribution is 5.87. The Morgan fingerprint density at radius 1 is 1.50 bits per heavy atom. The van der Waals surface area contributed by atoms with Crippen LogP contribution in [-0.4, -0.2) is 20.9 Å². The molecule has 5 heteroatoms. The summed E-state index contributed by atoms with van der Waals surface area (Å²) in [6.07, 6.45) is 2.58. The van der Waals surface area contributed by atoms with Crippen molar-refractivity contribution in [2.45, 2.75) is 6.92 Å². The molecule has 0 amide bonds. The van der Waals surface area contributed by atoms with E-state index in [9.17, 15) is 9.18 Å². The van der Waals surface area contributed by atoms with Gasteiger partial charge in [-0.05, 0) is 24.6 Å². The fraction of sp³-hybridized carbons (Fsp3) is 0.0909. The Kier molecular flexibility index (Phi) is 2.44. The van der Waals surface area contributed by atoms with Gasteiger partial charge in [0.25, 0.3) is 0 Å². The van der Waals surface area contributed by atoms with Gasteiger partial charge in [0.1, 0.15) is 5.82 Å². The molecule has 16 heavy (non-hydrogen) atoms. The molecule has 1 N–H and O–H groups in total. The van der Waals surface area contributed by atoms with Crippen molar-refractivity contribution in [1.82, 2.24) is 9.78 Å². The van der Waals surface area contributed by atoms with E-state index in [1.807, 2.05) is 0 Å². The molecule has 0 bridgehead atoms. The molecule has 0 fully saturated rings. The van der Waals surface area contributed by atoms with E-state index in [1.165, 1.54) is 29.2 Å². The van der Waals surface area contributed by atoms with Crippen LogP contribution < -0.4 is 0 Å². The van der Waals surface area contributed by atoms with Gasteiger partial charge in [0.05, 0.1) is 17.4 Å². The molecule has 0 radical (unpaired) electrons. The average molecular weight is 220 g/mol. The quantitative estimate of drug-likeness (QED) is 0.842. The third-order valence-electron chi connectivity index (χ3n) is 2.25. The van der Waals surface area contributed by atoms with Crippen LogP contribution >= 0.6 is 0 Å². The summed E-state index contributed by atoms with van der Waals surface area (Å²) in [5.41, 5.74) is 1.43. The van der Waals surface area contributed by atoms with Crippen molar-refractivity contribution in [3.8, 4) is 5.69 Å². The van der Waals surface area contributed by atoms with Crippen molar-refractivity contribution in [3.63, 3.8) is 0 Å². The Labute approximate surface area is 90.9 Å². The SMILES string of the molecule is Cc1ccc(F)cc1-n1cc(C(=O)O)cn1. The zero-order valence-corrected chi connectivity index (χ0v) is 8.51. The minimum absolute atomic E-state index is 0.0728. The normalized spacial score (nSPS) is 10.4. The molecule has 1 heterocycles. The first-order valence-corrected chi connectivity index (χ1v) is 4.62. The Morgan fingerprint density at radius 2 is 2.25 bits per heavy atom. The van der Waals surface area contributed by atoms with Gasteiger partial charge in [-0.3, -0.25) is 0 Å². The number of rotatable bonds is 2. The van der Waals surface area contributed by atoms with E-state index in [4.69, 9.17) is 5.11 Å². The number of aromatic carboxylic acids is 1. The van der Waals surface area contributed by atoms with Gasteiger partial charge in [-0.15, -0.1) is 0 Å². The van der Waals surface area contributed by atoms with Crippen LogP contribution in [0.25, 0.3) is 5.69 Å². The molecular formula is C11H9FN2O2. The third kappa shape index (κ3) is 1.79. The minimum atomic E-state index is -1.06. The second-order valence-electron chi connectivity index (χ2n) is 3.41. The molecule has 82 valence electrons. The zero-order valence-electron chi connectivity index (χ0n) is 8.51. The molecule has 1 aromatic heterocycles. The summed E-state index contributed by atoms with van der Waals surface area (Å²) in [6.45, 7) is 1.80. The summed E-state index contributed by atoms with van der Waals surface area (Å²) in [4.78, 5) is 10.7. The fourth-order valence-corrected chi connectivity index (χ4v) is 1.39. The van der Waals surface area contributed by atoms with Gasteiger partial charge in [0.2, 0.25) is 0 Å². The predicted molar refractivity (Wildman–Crippen MR) is 55.2 cm³/mol. The van der Waals surface area contributed by atoms with Gasteiger partial charge in [0.15, 0.2) is 0 Å².